The fourth-order valence-corrected chi connectivity index (χ4v) is 1.21. The SMILES string of the molecule is CC(C)C1=CC(C)(C)C(O)N=C1. The minimum absolute atomic E-state index is 0.214. The van der Waals surface area contributed by atoms with Gasteiger partial charge in [-0.1, -0.05) is 33.8 Å². The van der Waals surface area contributed by atoms with Gasteiger partial charge < -0.3 is 5.11 Å². The van der Waals surface area contributed by atoms with Gasteiger partial charge in [-0.25, -0.2) is 0 Å². The fraction of sp³-hybridized carbons (Fsp3) is 0.700. The molecule has 1 atom stereocenters. The van der Waals surface area contributed by atoms with Crippen LogP contribution >= 0.6 is 0 Å². The van der Waals surface area contributed by atoms with Crippen LogP contribution in [0.1, 0.15) is 27.7 Å². The Morgan fingerprint density at radius 3 is 2.50 bits per heavy atom. The molecule has 1 unspecified atom stereocenters. The second kappa shape index (κ2) is 3.02. The van der Waals surface area contributed by atoms with Crippen LogP contribution in [0, 0.1) is 11.3 Å². The van der Waals surface area contributed by atoms with Gasteiger partial charge in [0.2, 0.25) is 0 Å². The van der Waals surface area contributed by atoms with Crippen molar-refractivity contribution in [2.24, 2.45) is 16.3 Å². The van der Waals surface area contributed by atoms with Gasteiger partial charge in [-0.05, 0) is 11.5 Å². The number of aliphatic hydroxyl groups excluding tert-OH is 1. The van der Waals surface area contributed by atoms with Crippen molar-refractivity contribution in [1.29, 1.82) is 0 Å². The number of aliphatic imine (C=N–C) groups is 1. The molecule has 1 rings (SSSR count). The van der Waals surface area contributed by atoms with Crippen molar-refractivity contribution in [3.8, 4) is 0 Å². The highest BCUT2D eigenvalue weighted by Gasteiger charge is 2.28. The maximum atomic E-state index is 9.49. The summed E-state index contributed by atoms with van der Waals surface area (Å²) < 4.78 is 0. The highest BCUT2D eigenvalue weighted by atomic mass is 16.3. The molecule has 0 radical (unpaired) electrons. The van der Waals surface area contributed by atoms with Crippen molar-refractivity contribution in [1.82, 2.24) is 0 Å². The predicted molar refractivity (Wildman–Crippen MR) is 51.2 cm³/mol. The second-order valence-electron chi connectivity index (χ2n) is 4.27. The Morgan fingerprint density at radius 2 is 2.08 bits per heavy atom. The third-order valence-electron chi connectivity index (χ3n) is 2.24. The summed E-state index contributed by atoms with van der Waals surface area (Å²) in [4.78, 5) is 4.05. The molecular weight excluding hydrogens is 150 g/mol. The first-order chi connectivity index (χ1) is 5.43. The van der Waals surface area contributed by atoms with Crippen molar-refractivity contribution in [2.75, 3.05) is 0 Å². The molecule has 2 nitrogen and oxygen atoms in total. The average molecular weight is 167 g/mol. The number of rotatable bonds is 1. The maximum Gasteiger partial charge on any atom is 0.153 e. The van der Waals surface area contributed by atoms with Gasteiger partial charge in [-0.15, -0.1) is 0 Å². The van der Waals surface area contributed by atoms with Crippen LogP contribution in [0.5, 0.6) is 0 Å². The summed E-state index contributed by atoms with van der Waals surface area (Å²) in [5.74, 6) is 0.487. The molecule has 12 heavy (non-hydrogen) atoms. The number of nitrogens with zero attached hydrogens (tertiary/aromatic N) is 1. The molecule has 0 fully saturated rings. The number of aliphatic hydroxyl groups is 1. The Bertz CT molecular complexity index is 226. The molecule has 0 aromatic heterocycles. The van der Waals surface area contributed by atoms with E-state index in [2.05, 4.69) is 24.9 Å². The van der Waals surface area contributed by atoms with E-state index in [0.717, 1.165) is 0 Å². The van der Waals surface area contributed by atoms with Gasteiger partial charge >= 0.3 is 0 Å². The first kappa shape index (κ1) is 9.46. The molecule has 0 aromatic rings. The largest absolute Gasteiger partial charge is 0.371 e. The van der Waals surface area contributed by atoms with Gasteiger partial charge in [0.1, 0.15) is 0 Å². The zero-order valence-electron chi connectivity index (χ0n) is 8.20. The smallest absolute Gasteiger partial charge is 0.153 e. The normalized spacial score (nSPS) is 27.5. The topological polar surface area (TPSA) is 32.6 Å². The Hall–Kier alpha value is -0.630. The zero-order chi connectivity index (χ0) is 9.35. The van der Waals surface area contributed by atoms with E-state index in [9.17, 15) is 5.11 Å². The monoisotopic (exact) mass is 167 g/mol. The number of dihydropyridines is 1. The summed E-state index contributed by atoms with van der Waals surface area (Å²) in [6.45, 7) is 8.25. The number of hydrogen-bond acceptors (Lipinski definition) is 2. The third-order valence-corrected chi connectivity index (χ3v) is 2.24. The van der Waals surface area contributed by atoms with E-state index >= 15 is 0 Å². The molecule has 0 saturated heterocycles. The maximum absolute atomic E-state index is 9.49. The zero-order valence-corrected chi connectivity index (χ0v) is 8.20. The molecule has 1 N–H and O–H groups in total. The molecule has 1 aliphatic heterocycles. The molecule has 0 bridgehead atoms. The van der Waals surface area contributed by atoms with Gasteiger partial charge in [0.25, 0.3) is 0 Å². The van der Waals surface area contributed by atoms with Crippen LogP contribution in [-0.2, 0) is 0 Å². The van der Waals surface area contributed by atoms with Gasteiger partial charge in [-0.2, -0.15) is 0 Å². The van der Waals surface area contributed by atoms with Crippen LogP contribution < -0.4 is 0 Å². The van der Waals surface area contributed by atoms with E-state index in [0.29, 0.717) is 5.92 Å². The third kappa shape index (κ3) is 1.75. The van der Waals surface area contributed by atoms with E-state index in [4.69, 9.17) is 0 Å². The molecule has 1 aliphatic rings. The fourth-order valence-electron chi connectivity index (χ4n) is 1.21. The van der Waals surface area contributed by atoms with Crippen LogP contribution in [0.25, 0.3) is 0 Å². The lowest BCUT2D eigenvalue weighted by Crippen LogP contribution is -2.29. The van der Waals surface area contributed by atoms with Gasteiger partial charge in [0.15, 0.2) is 6.23 Å². The molecule has 0 amide bonds. The van der Waals surface area contributed by atoms with Crippen LogP contribution in [0.4, 0.5) is 0 Å². The van der Waals surface area contributed by atoms with E-state index in [1.54, 1.807) is 6.21 Å². The van der Waals surface area contributed by atoms with E-state index < -0.39 is 6.23 Å². The Morgan fingerprint density at radius 1 is 1.50 bits per heavy atom. The van der Waals surface area contributed by atoms with Crippen molar-refractivity contribution < 1.29 is 5.11 Å². The predicted octanol–water partition coefficient (Wildman–Crippen LogP) is 2.00. The van der Waals surface area contributed by atoms with Crippen LogP contribution in [0.2, 0.25) is 0 Å². The molecule has 68 valence electrons. The highest BCUT2D eigenvalue weighted by molar-refractivity contribution is 5.80. The minimum atomic E-state index is -0.583. The van der Waals surface area contributed by atoms with E-state index in [1.807, 2.05) is 13.8 Å². The quantitative estimate of drug-likeness (QED) is 0.636. The van der Waals surface area contributed by atoms with Crippen molar-refractivity contribution in [2.45, 2.75) is 33.9 Å². The van der Waals surface area contributed by atoms with Crippen molar-refractivity contribution >= 4 is 6.21 Å². The van der Waals surface area contributed by atoms with Gasteiger partial charge in [-0.3, -0.25) is 4.99 Å². The number of allylic oxidation sites excluding steroid dienone is 1. The summed E-state index contributed by atoms with van der Waals surface area (Å²) in [5, 5.41) is 9.49. The Kier molecular flexibility index (Phi) is 2.38. The molecule has 0 aromatic carbocycles. The van der Waals surface area contributed by atoms with Crippen LogP contribution in [0.15, 0.2) is 16.6 Å². The number of hydrogen-bond donors (Lipinski definition) is 1. The average Bonchev–Trinajstić information content (AvgIpc) is 1.94. The first-order valence-corrected chi connectivity index (χ1v) is 4.37. The summed E-state index contributed by atoms with van der Waals surface area (Å²) in [7, 11) is 0. The molecule has 0 saturated carbocycles. The van der Waals surface area contributed by atoms with Gasteiger partial charge in [0, 0.05) is 11.6 Å². The van der Waals surface area contributed by atoms with Gasteiger partial charge in [0.05, 0.1) is 0 Å². The summed E-state index contributed by atoms with van der Waals surface area (Å²) in [5.41, 5.74) is 0.999. The summed E-state index contributed by atoms with van der Waals surface area (Å²) in [6.07, 6.45) is 3.30. The Labute approximate surface area is 74.0 Å². The summed E-state index contributed by atoms with van der Waals surface area (Å²) in [6, 6.07) is 0. The molecule has 2 heteroatoms. The second-order valence-corrected chi connectivity index (χ2v) is 4.27. The molecule has 0 spiro atoms. The highest BCUT2D eigenvalue weighted by Crippen LogP contribution is 2.29. The first-order valence-electron chi connectivity index (χ1n) is 4.37. The van der Waals surface area contributed by atoms with Crippen LogP contribution in [0.3, 0.4) is 0 Å². The molecular formula is C10H17NO. The molecule has 0 aliphatic carbocycles. The van der Waals surface area contributed by atoms with E-state index in [-0.39, 0.29) is 5.41 Å². The molecule has 1 heterocycles. The van der Waals surface area contributed by atoms with Crippen LogP contribution in [-0.4, -0.2) is 17.5 Å². The lowest BCUT2D eigenvalue weighted by molar-refractivity contribution is 0.0883. The Balaban J connectivity index is 2.89. The standard InChI is InChI=1S/C10H17NO/c1-7(2)8-5-10(3,4)9(12)11-6-8/h5-7,9,12H,1-4H3. The van der Waals surface area contributed by atoms with Crippen molar-refractivity contribution in [3.63, 3.8) is 0 Å². The van der Waals surface area contributed by atoms with E-state index in [1.165, 1.54) is 5.57 Å². The lowest BCUT2D eigenvalue weighted by atomic mass is 9.84. The summed E-state index contributed by atoms with van der Waals surface area (Å²) >= 11 is 0. The minimum Gasteiger partial charge on any atom is -0.371 e. The lowest BCUT2D eigenvalue weighted by Gasteiger charge is -2.29. The van der Waals surface area contributed by atoms with Crippen molar-refractivity contribution in [3.05, 3.63) is 11.6 Å².